The van der Waals surface area contributed by atoms with Crippen molar-refractivity contribution >= 4 is 23.2 Å². The van der Waals surface area contributed by atoms with E-state index in [4.69, 9.17) is 0 Å². The van der Waals surface area contributed by atoms with Crippen LogP contribution in [-0.4, -0.2) is 72.8 Å². The predicted molar refractivity (Wildman–Crippen MR) is 108 cm³/mol. The van der Waals surface area contributed by atoms with Crippen molar-refractivity contribution in [2.24, 2.45) is 11.8 Å². The summed E-state index contributed by atoms with van der Waals surface area (Å²) in [6, 6.07) is 2.09. The topological polar surface area (TPSA) is 43.9 Å². The second kappa shape index (κ2) is 7.92. The standard InChI is InChI=1S/C21H31N3O2S/c1-15-5-7-23(8-6-15)21(26)19-14-17-13-16(3-4-18(17)27-19)20(25)24-11-9-22(2)10-12-24/h14-16H,3-13H2,1-2H3/t16-/m0/s1. The Morgan fingerprint density at radius 1 is 1.00 bits per heavy atom. The van der Waals surface area contributed by atoms with Gasteiger partial charge in [-0.2, -0.15) is 0 Å². The number of likely N-dealkylation sites (tertiary alicyclic amines) is 1. The molecule has 2 fully saturated rings. The molecule has 0 saturated carbocycles. The first-order valence-corrected chi connectivity index (χ1v) is 11.2. The lowest BCUT2D eigenvalue weighted by Gasteiger charge is -2.35. The highest BCUT2D eigenvalue weighted by atomic mass is 32.1. The number of aryl methyl sites for hydroxylation is 1. The Hall–Kier alpha value is -1.40. The van der Waals surface area contributed by atoms with Crippen LogP contribution in [0, 0.1) is 11.8 Å². The van der Waals surface area contributed by atoms with Crippen molar-refractivity contribution in [1.82, 2.24) is 14.7 Å². The summed E-state index contributed by atoms with van der Waals surface area (Å²) >= 11 is 1.66. The number of carbonyl (C=O) groups excluding carboxylic acids is 2. The third kappa shape index (κ3) is 4.06. The van der Waals surface area contributed by atoms with Gasteiger partial charge < -0.3 is 14.7 Å². The molecule has 1 atom stereocenters. The van der Waals surface area contributed by atoms with E-state index in [-0.39, 0.29) is 11.8 Å². The van der Waals surface area contributed by atoms with Gasteiger partial charge >= 0.3 is 0 Å². The molecule has 0 aromatic carbocycles. The van der Waals surface area contributed by atoms with Gasteiger partial charge in [-0.3, -0.25) is 9.59 Å². The van der Waals surface area contributed by atoms with Crippen molar-refractivity contribution in [2.75, 3.05) is 46.3 Å². The fraction of sp³-hybridized carbons (Fsp3) is 0.714. The van der Waals surface area contributed by atoms with E-state index in [0.29, 0.717) is 5.91 Å². The van der Waals surface area contributed by atoms with Crippen molar-refractivity contribution in [3.63, 3.8) is 0 Å². The fourth-order valence-corrected chi connectivity index (χ4v) is 5.67. The molecule has 3 aliphatic rings. The third-order valence-electron chi connectivity index (χ3n) is 6.53. The van der Waals surface area contributed by atoms with Gasteiger partial charge in [0.2, 0.25) is 5.91 Å². The van der Waals surface area contributed by atoms with E-state index in [9.17, 15) is 9.59 Å². The van der Waals surface area contributed by atoms with Crippen molar-refractivity contribution in [3.8, 4) is 0 Å². The van der Waals surface area contributed by atoms with Crippen LogP contribution in [-0.2, 0) is 17.6 Å². The Bertz CT molecular complexity index is 700. The smallest absolute Gasteiger partial charge is 0.263 e. The number of hydrogen-bond donors (Lipinski definition) is 0. The number of nitrogens with zero attached hydrogens (tertiary/aromatic N) is 3. The predicted octanol–water partition coefficient (Wildman–Crippen LogP) is 2.50. The molecule has 0 spiro atoms. The van der Waals surface area contributed by atoms with Crippen molar-refractivity contribution < 1.29 is 9.59 Å². The van der Waals surface area contributed by atoms with E-state index in [0.717, 1.165) is 82.2 Å². The average Bonchev–Trinajstić information content (AvgIpc) is 3.11. The fourth-order valence-electron chi connectivity index (χ4n) is 4.49. The number of hydrogen-bond acceptors (Lipinski definition) is 4. The SMILES string of the molecule is CC1CCN(C(=O)c2cc3c(s2)CC[C@H](C(=O)N2CCN(C)CC2)C3)CC1. The molecular weight excluding hydrogens is 358 g/mol. The summed E-state index contributed by atoms with van der Waals surface area (Å²) in [5.74, 6) is 1.34. The quantitative estimate of drug-likeness (QED) is 0.781. The molecule has 0 N–H and O–H groups in total. The number of likely N-dealkylation sites (N-methyl/N-ethyl adjacent to an activating group) is 1. The molecule has 3 heterocycles. The van der Waals surface area contributed by atoms with Crippen LogP contribution in [0.1, 0.15) is 46.3 Å². The van der Waals surface area contributed by atoms with E-state index in [2.05, 4.69) is 24.9 Å². The summed E-state index contributed by atoms with van der Waals surface area (Å²) in [7, 11) is 2.11. The largest absolute Gasteiger partial charge is 0.340 e. The molecule has 2 aliphatic heterocycles. The highest BCUT2D eigenvalue weighted by Crippen LogP contribution is 2.34. The van der Waals surface area contributed by atoms with Crippen molar-refractivity contribution in [1.29, 1.82) is 0 Å². The van der Waals surface area contributed by atoms with Crippen LogP contribution in [0.3, 0.4) is 0 Å². The van der Waals surface area contributed by atoms with E-state index >= 15 is 0 Å². The molecule has 1 aromatic rings. The van der Waals surface area contributed by atoms with E-state index < -0.39 is 0 Å². The zero-order chi connectivity index (χ0) is 19.0. The maximum absolute atomic E-state index is 12.9. The Kier molecular flexibility index (Phi) is 5.55. The Labute approximate surface area is 166 Å². The number of piperazine rings is 1. The summed E-state index contributed by atoms with van der Waals surface area (Å²) in [6.45, 7) is 7.66. The number of amides is 2. The highest BCUT2D eigenvalue weighted by molar-refractivity contribution is 7.14. The van der Waals surface area contributed by atoms with Crippen LogP contribution in [0.5, 0.6) is 0 Å². The molecular formula is C21H31N3O2S. The molecule has 2 saturated heterocycles. The van der Waals surface area contributed by atoms with Gasteiger partial charge in [0.1, 0.15) is 0 Å². The number of piperidine rings is 1. The van der Waals surface area contributed by atoms with Gasteiger partial charge in [0.15, 0.2) is 0 Å². The second-order valence-electron chi connectivity index (χ2n) is 8.60. The lowest BCUT2D eigenvalue weighted by atomic mass is 9.87. The molecule has 0 unspecified atom stereocenters. The van der Waals surface area contributed by atoms with Gasteiger partial charge in [0.05, 0.1) is 4.88 Å². The second-order valence-corrected chi connectivity index (χ2v) is 9.74. The lowest BCUT2D eigenvalue weighted by Crippen LogP contribution is -2.49. The van der Waals surface area contributed by atoms with E-state index in [1.807, 2.05) is 9.80 Å². The molecule has 6 heteroatoms. The molecule has 1 aliphatic carbocycles. The third-order valence-corrected chi connectivity index (χ3v) is 7.75. The van der Waals surface area contributed by atoms with Gasteiger partial charge in [0.25, 0.3) is 5.91 Å². The van der Waals surface area contributed by atoms with Gasteiger partial charge in [-0.25, -0.2) is 0 Å². The maximum Gasteiger partial charge on any atom is 0.263 e. The normalized spacial score (nSPS) is 24.7. The lowest BCUT2D eigenvalue weighted by molar-refractivity contribution is -0.137. The number of fused-ring (bicyclic) bond motifs is 1. The monoisotopic (exact) mass is 389 g/mol. The Morgan fingerprint density at radius 3 is 2.41 bits per heavy atom. The first kappa shape index (κ1) is 18.9. The van der Waals surface area contributed by atoms with Gasteiger partial charge in [-0.1, -0.05) is 6.92 Å². The Balaban J connectivity index is 1.40. The minimum atomic E-state index is 0.0919. The number of carbonyl (C=O) groups is 2. The van der Waals surface area contributed by atoms with Crippen LogP contribution in [0.25, 0.3) is 0 Å². The maximum atomic E-state index is 12.9. The summed E-state index contributed by atoms with van der Waals surface area (Å²) in [4.78, 5) is 34.3. The minimum absolute atomic E-state index is 0.0919. The van der Waals surface area contributed by atoms with Crippen LogP contribution in [0.4, 0.5) is 0 Å². The van der Waals surface area contributed by atoms with Gasteiger partial charge in [-0.15, -0.1) is 11.3 Å². The van der Waals surface area contributed by atoms with Crippen LogP contribution < -0.4 is 0 Å². The molecule has 1 aromatic heterocycles. The molecule has 4 rings (SSSR count). The minimum Gasteiger partial charge on any atom is -0.340 e. The zero-order valence-electron chi connectivity index (χ0n) is 16.6. The van der Waals surface area contributed by atoms with Gasteiger partial charge in [-0.05, 0) is 56.7 Å². The van der Waals surface area contributed by atoms with Gasteiger partial charge in [0, 0.05) is 50.1 Å². The van der Waals surface area contributed by atoms with E-state index in [1.165, 1.54) is 10.4 Å². The van der Waals surface area contributed by atoms with Crippen molar-refractivity contribution in [3.05, 3.63) is 21.4 Å². The summed E-state index contributed by atoms with van der Waals surface area (Å²) < 4.78 is 0. The molecule has 27 heavy (non-hydrogen) atoms. The first-order valence-electron chi connectivity index (χ1n) is 10.4. The molecule has 0 bridgehead atoms. The molecule has 148 valence electrons. The summed E-state index contributed by atoms with van der Waals surface area (Å²) in [5, 5.41) is 0. The number of thiophene rings is 1. The zero-order valence-corrected chi connectivity index (χ0v) is 17.4. The highest BCUT2D eigenvalue weighted by Gasteiger charge is 2.32. The molecule has 5 nitrogen and oxygen atoms in total. The first-order chi connectivity index (χ1) is 13.0. The number of rotatable bonds is 2. The summed E-state index contributed by atoms with van der Waals surface area (Å²) in [5.41, 5.74) is 1.24. The average molecular weight is 390 g/mol. The van der Waals surface area contributed by atoms with Crippen LogP contribution in [0.15, 0.2) is 6.07 Å². The van der Waals surface area contributed by atoms with Crippen LogP contribution >= 0.6 is 11.3 Å². The Morgan fingerprint density at radius 2 is 1.70 bits per heavy atom. The molecule has 0 radical (unpaired) electrons. The van der Waals surface area contributed by atoms with Crippen LogP contribution in [0.2, 0.25) is 0 Å². The van der Waals surface area contributed by atoms with Crippen molar-refractivity contribution in [2.45, 2.75) is 39.0 Å². The summed E-state index contributed by atoms with van der Waals surface area (Å²) in [6.07, 6.45) is 4.89. The van der Waals surface area contributed by atoms with E-state index in [1.54, 1.807) is 11.3 Å². The molecule has 2 amide bonds.